The summed E-state index contributed by atoms with van der Waals surface area (Å²) in [7, 11) is 0. The standard InChI is InChI=1S/C16H26N2O2/c1-12(13-7-3-4-8-13)18-11-14(19)17-16(15(18)20)9-5-2-6-10-16/h12-13H,2-11H2,1H3,(H,17,19). The Labute approximate surface area is 121 Å². The molecule has 2 aliphatic carbocycles. The number of nitrogens with one attached hydrogen (secondary N) is 1. The highest BCUT2D eigenvalue weighted by molar-refractivity contribution is 5.98. The van der Waals surface area contributed by atoms with Gasteiger partial charge in [-0.1, -0.05) is 32.1 Å². The van der Waals surface area contributed by atoms with Crippen LogP contribution in [0, 0.1) is 5.92 Å². The average Bonchev–Trinajstić information content (AvgIpc) is 2.97. The number of carbonyl (C=O) groups is 2. The van der Waals surface area contributed by atoms with E-state index >= 15 is 0 Å². The third kappa shape index (κ3) is 2.33. The van der Waals surface area contributed by atoms with Crippen LogP contribution in [0.15, 0.2) is 0 Å². The largest absolute Gasteiger partial charge is 0.340 e. The maximum Gasteiger partial charge on any atom is 0.249 e. The van der Waals surface area contributed by atoms with Crippen LogP contribution in [0.3, 0.4) is 0 Å². The first-order valence-corrected chi connectivity index (χ1v) is 8.24. The lowest BCUT2D eigenvalue weighted by atomic mass is 9.78. The SMILES string of the molecule is CC(C1CCCC1)N1CC(=O)NC2(CCCCC2)C1=O. The summed E-state index contributed by atoms with van der Waals surface area (Å²) >= 11 is 0. The van der Waals surface area contributed by atoms with Crippen molar-refractivity contribution in [3.8, 4) is 0 Å². The molecule has 1 N–H and O–H groups in total. The Morgan fingerprint density at radius 1 is 1.10 bits per heavy atom. The van der Waals surface area contributed by atoms with Crippen molar-refractivity contribution in [1.29, 1.82) is 0 Å². The molecule has 2 saturated carbocycles. The second kappa shape index (κ2) is 5.38. The van der Waals surface area contributed by atoms with Crippen LogP contribution in [0.2, 0.25) is 0 Å². The van der Waals surface area contributed by atoms with E-state index in [9.17, 15) is 9.59 Å². The number of carbonyl (C=O) groups excluding carboxylic acids is 2. The summed E-state index contributed by atoms with van der Waals surface area (Å²) in [4.78, 5) is 27.0. The molecule has 1 spiro atoms. The zero-order chi connectivity index (χ0) is 14.2. The molecule has 3 aliphatic rings. The molecule has 1 aliphatic heterocycles. The molecule has 2 amide bonds. The summed E-state index contributed by atoms with van der Waals surface area (Å²) in [6.45, 7) is 2.40. The predicted molar refractivity (Wildman–Crippen MR) is 77.1 cm³/mol. The number of amides is 2. The Morgan fingerprint density at radius 2 is 1.75 bits per heavy atom. The fourth-order valence-electron chi connectivity index (χ4n) is 4.38. The van der Waals surface area contributed by atoms with Gasteiger partial charge in [0.05, 0.1) is 6.54 Å². The lowest BCUT2D eigenvalue weighted by molar-refractivity contribution is -0.154. The van der Waals surface area contributed by atoms with Gasteiger partial charge in [-0.05, 0) is 38.5 Å². The van der Waals surface area contributed by atoms with E-state index in [1.807, 2.05) is 4.90 Å². The molecule has 4 heteroatoms. The molecule has 0 radical (unpaired) electrons. The normalized spacial score (nSPS) is 28.8. The number of rotatable bonds is 2. The van der Waals surface area contributed by atoms with Gasteiger partial charge in [-0.25, -0.2) is 0 Å². The van der Waals surface area contributed by atoms with Crippen LogP contribution < -0.4 is 5.32 Å². The van der Waals surface area contributed by atoms with Gasteiger partial charge in [0.2, 0.25) is 11.8 Å². The molecule has 0 aromatic rings. The molecule has 112 valence electrons. The summed E-state index contributed by atoms with van der Waals surface area (Å²) in [5.41, 5.74) is -0.569. The highest BCUT2D eigenvalue weighted by Gasteiger charge is 2.48. The van der Waals surface area contributed by atoms with Crippen LogP contribution in [0.5, 0.6) is 0 Å². The molecule has 0 aromatic heterocycles. The van der Waals surface area contributed by atoms with Crippen molar-refractivity contribution >= 4 is 11.8 Å². The van der Waals surface area contributed by atoms with E-state index in [4.69, 9.17) is 0 Å². The van der Waals surface area contributed by atoms with E-state index in [1.54, 1.807) is 0 Å². The van der Waals surface area contributed by atoms with E-state index in [2.05, 4.69) is 12.2 Å². The Morgan fingerprint density at radius 3 is 2.40 bits per heavy atom. The summed E-state index contributed by atoms with van der Waals surface area (Å²) in [5, 5.41) is 3.03. The van der Waals surface area contributed by atoms with Gasteiger partial charge in [0.25, 0.3) is 0 Å². The van der Waals surface area contributed by atoms with E-state index in [0.717, 1.165) is 25.7 Å². The van der Waals surface area contributed by atoms with E-state index < -0.39 is 5.54 Å². The van der Waals surface area contributed by atoms with Crippen molar-refractivity contribution in [3.63, 3.8) is 0 Å². The Balaban J connectivity index is 1.79. The quantitative estimate of drug-likeness (QED) is 0.842. The smallest absolute Gasteiger partial charge is 0.249 e. The van der Waals surface area contributed by atoms with Crippen molar-refractivity contribution in [1.82, 2.24) is 10.2 Å². The topological polar surface area (TPSA) is 49.4 Å². The van der Waals surface area contributed by atoms with E-state index in [0.29, 0.717) is 5.92 Å². The summed E-state index contributed by atoms with van der Waals surface area (Å²) < 4.78 is 0. The first-order chi connectivity index (χ1) is 9.62. The zero-order valence-corrected chi connectivity index (χ0v) is 12.5. The van der Waals surface area contributed by atoms with Gasteiger partial charge < -0.3 is 10.2 Å². The van der Waals surface area contributed by atoms with Gasteiger partial charge in [0, 0.05) is 6.04 Å². The first kappa shape index (κ1) is 13.9. The Kier molecular flexibility index (Phi) is 3.74. The molecular formula is C16H26N2O2. The van der Waals surface area contributed by atoms with Crippen molar-refractivity contribution in [2.24, 2.45) is 5.92 Å². The molecule has 0 aromatic carbocycles. The molecule has 1 unspecified atom stereocenters. The highest BCUT2D eigenvalue weighted by Crippen LogP contribution is 2.36. The Hall–Kier alpha value is -1.06. The van der Waals surface area contributed by atoms with Crippen molar-refractivity contribution in [3.05, 3.63) is 0 Å². The van der Waals surface area contributed by atoms with Crippen LogP contribution >= 0.6 is 0 Å². The van der Waals surface area contributed by atoms with Gasteiger partial charge in [-0.15, -0.1) is 0 Å². The molecule has 20 heavy (non-hydrogen) atoms. The van der Waals surface area contributed by atoms with Crippen LogP contribution in [-0.2, 0) is 9.59 Å². The second-order valence-corrected chi connectivity index (χ2v) is 6.91. The molecule has 3 fully saturated rings. The lowest BCUT2D eigenvalue weighted by Gasteiger charge is -2.47. The Bertz CT molecular complexity index is 395. The van der Waals surface area contributed by atoms with Crippen LogP contribution in [0.25, 0.3) is 0 Å². The predicted octanol–water partition coefficient (Wildman–Crippen LogP) is 2.23. The summed E-state index contributed by atoms with van der Waals surface area (Å²) in [5.74, 6) is 0.818. The number of nitrogens with zero attached hydrogens (tertiary/aromatic N) is 1. The van der Waals surface area contributed by atoms with Gasteiger partial charge in [0.1, 0.15) is 5.54 Å². The van der Waals surface area contributed by atoms with Crippen molar-refractivity contribution in [2.45, 2.75) is 76.3 Å². The van der Waals surface area contributed by atoms with Crippen molar-refractivity contribution in [2.75, 3.05) is 6.54 Å². The number of hydrogen-bond donors (Lipinski definition) is 1. The molecule has 0 bridgehead atoms. The number of hydrogen-bond acceptors (Lipinski definition) is 2. The number of piperazine rings is 1. The third-order valence-corrected chi connectivity index (χ3v) is 5.64. The van der Waals surface area contributed by atoms with Crippen molar-refractivity contribution < 1.29 is 9.59 Å². The minimum Gasteiger partial charge on any atom is -0.340 e. The molecule has 1 atom stereocenters. The molecular weight excluding hydrogens is 252 g/mol. The van der Waals surface area contributed by atoms with Gasteiger partial charge in [-0.2, -0.15) is 0 Å². The lowest BCUT2D eigenvalue weighted by Crippen LogP contribution is -2.69. The highest BCUT2D eigenvalue weighted by atomic mass is 16.2. The maximum atomic E-state index is 13.0. The zero-order valence-electron chi connectivity index (χ0n) is 12.5. The van der Waals surface area contributed by atoms with E-state index in [1.165, 1.54) is 32.1 Å². The molecule has 4 nitrogen and oxygen atoms in total. The molecule has 1 saturated heterocycles. The second-order valence-electron chi connectivity index (χ2n) is 6.91. The summed E-state index contributed by atoms with van der Waals surface area (Å²) in [6, 6.07) is 0.217. The molecule has 3 rings (SSSR count). The maximum absolute atomic E-state index is 13.0. The van der Waals surface area contributed by atoms with Gasteiger partial charge in [-0.3, -0.25) is 9.59 Å². The fraction of sp³-hybridized carbons (Fsp3) is 0.875. The monoisotopic (exact) mass is 278 g/mol. The van der Waals surface area contributed by atoms with Crippen LogP contribution in [-0.4, -0.2) is 34.8 Å². The third-order valence-electron chi connectivity index (χ3n) is 5.64. The average molecular weight is 278 g/mol. The molecule has 1 heterocycles. The minimum absolute atomic E-state index is 0.0383. The fourth-order valence-corrected chi connectivity index (χ4v) is 4.38. The van der Waals surface area contributed by atoms with Crippen LogP contribution in [0.4, 0.5) is 0 Å². The van der Waals surface area contributed by atoms with Gasteiger partial charge in [0.15, 0.2) is 0 Å². The minimum atomic E-state index is -0.569. The first-order valence-electron chi connectivity index (χ1n) is 8.24. The van der Waals surface area contributed by atoms with Gasteiger partial charge >= 0.3 is 0 Å². The van der Waals surface area contributed by atoms with E-state index in [-0.39, 0.29) is 24.4 Å². The van der Waals surface area contributed by atoms with Crippen LogP contribution in [0.1, 0.15) is 64.7 Å². The summed E-state index contributed by atoms with van der Waals surface area (Å²) in [6.07, 6.45) is 9.90.